The third-order valence-corrected chi connectivity index (χ3v) is 14.8. The summed E-state index contributed by atoms with van der Waals surface area (Å²) in [4.78, 5) is 40.6. The number of nitrogens with one attached hydrogen (secondary N) is 1. The van der Waals surface area contributed by atoms with Crippen LogP contribution in [-0.4, -0.2) is 23.8 Å². The minimum atomic E-state index is -0.491. The van der Waals surface area contributed by atoms with Crippen LogP contribution in [0, 0.1) is 57.2 Å². The molecule has 0 aliphatic heterocycles. The van der Waals surface area contributed by atoms with Gasteiger partial charge in [-0.2, -0.15) is 0 Å². The molecule has 5 nitrogen and oxygen atoms in total. The molecule has 6 rings (SSSR count). The van der Waals surface area contributed by atoms with Crippen LogP contribution >= 0.6 is 0 Å². The van der Waals surface area contributed by atoms with Crippen molar-refractivity contribution in [1.29, 1.82) is 0 Å². The van der Waals surface area contributed by atoms with E-state index >= 15 is 0 Å². The zero-order valence-corrected chi connectivity index (χ0v) is 28.7. The van der Waals surface area contributed by atoms with Gasteiger partial charge in [0.15, 0.2) is 5.78 Å². The molecule has 0 bridgehead atoms. The van der Waals surface area contributed by atoms with Crippen molar-refractivity contribution in [3.8, 4) is 0 Å². The second kappa shape index (κ2) is 10.0. The Hall–Kier alpha value is -2.43. The van der Waals surface area contributed by atoms with Crippen molar-refractivity contribution < 1.29 is 19.1 Å². The fourth-order valence-corrected chi connectivity index (χ4v) is 11.8. The summed E-state index contributed by atoms with van der Waals surface area (Å²) in [5.41, 5.74) is 2.32. The van der Waals surface area contributed by atoms with E-state index in [9.17, 15) is 14.4 Å². The molecular formula is C39H55NO4. The molecule has 1 aromatic carbocycles. The third-order valence-electron chi connectivity index (χ3n) is 14.8. The molecular weight excluding hydrogens is 546 g/mol. The molecule has 4 fully saturated rings. The molecule has 5 aliphatic rings. The monoisotopic (exact) mass is 601 g/mol. The Morgan fingerprint density at radius 3 is 2.25 bits per heavy atom. The van der Waals surface area contributed by atoms with E-state index in [2.05, 4.69) is 59.9 Å². The first kappa shape index (κ1) is 31.5. The Labute approximate surface area is 265 Å². The molecule has 0 saturated heterocycles. The number of fused-ring (bicyclic) bond motifs is 7. The molecule has 44 heavy (non-hydrogen) atoms. The number of ether oxygens (including phenoxy) is 1. The second-order valence-corrected chi connectivity index (χ2v) is 17.5. The topological polar surface area (TPSA) is 72.5 Å². The van der Waals surface area contributed by atoms with Crippen molar-refractivity contribution in [2.45, 2.75) is 126 Å². The maximum absolute atomic E-state index is 14.7. The number of hydrogen-bond donors (Lipinski definition) is 1. The van der Waals surface area contributed by atoms with Crippen LogP contribution in [0.5, 0.6) is 0 Å². The highest BCUT2D eigenvalue weighted by Gasteiger charge is 2.70. The Bertz CT molecular complexity index is 1430. The third kappa shape index (κ3) is 4.33. The van der Waals surface area contributed by atoms with Gasteiger partial charge in [-0.1, -0.05) is 72.2 Å². The zero-order valence-electron chi connectivity index (χ0n) is 28.7. The van der Waals surface area contributed by atoms with Crippen LogP contribution in [0.25, 0.3) is 0 Å². The minimum Gasteiger partial charge on any atom is -0.462 e. The molecule has 1 aromatic rings. The number of esters is 1. The number of anilines is 1. The molecule has 5 heteroatoms. The average Bonchev–Trinajstić information content (AvgIpc) is 2.93. The second-order valence-electron chi connectivity index (χ2n) is 17.5. The lowest BCUT2D eigenvalue weighted by Crippen LogP contribution is -2.66. The fourth-order valence-electron chi connectivity index (χ4n) is 11.8. The molecule has 1 N–H and O–H groups in total. The number of amides is 1. The molecule has 5 aliphatic carbocycles. The van der Waals surface area contributed by atoms with Gasteiger partial charge in [0.1, 0.15) is 6.10 Å². The molecule has 9 atom stereocenters. The summed E-state index contributed by atoms with van der Waals surface area (Å²) in [5.74, 6) is 0.668. The Morgan fingerprint density at radius 1 is 0.886 bits per heavy atom. The smallest absolute Gasteiger partial charge is 0.302 e. The van der Waals surface area contributed by atoms with Crippen molar-refractivity contribution in [3.05, 3.63) is 41.5 Å². The lowest BCUT2D eigenvalue weighted by molar-refractivity contribution is -0.210. The number of benzene rings is 1. The number of para-hydroxylation sites is 1. The molecule has 0 unspecified atom stereocenters. The summed E-state index contributed by atoms with van der Waals surface area (Å²) < 4.78 is 5.88. The van der Waals surface area contributed by atoms with E-state index in [-0.39, 0.29) is 56.9 Å². The molecule has 0 aromatic heterocycles. The summed E-state index contributed by atoms with van der Waals surface area (Å²) in [5, 5.41) is 3.27. The van der Waals surface area contributed by atoms with Crippen LogP contribution in [0.15, 0.2) is 35.9 Å². The minimum absolute atomic E-state index is 0.0521. The van der Waals surface area contributed by atoms with Gasteiger partial charge in [-0.3, -0.25) is 14.4 Å². The van der Waals surface area contributed by atoms with Gasteiger partial charge in [-0.15, -0.1) is 0 Å². The summed E-state index contributed by atoms with van der Waals surface area (Å²) in [6.07, 6.45) is 10.6. The van der Waals surface area contributed by atoms with Gasteiger partial charge in [-0.25, -0.2) is 0 Å². The lowest BCUT2D eigenvalue weighted by atomic mass is 9.33. The van der Waals surface area contributed by atoms with Crippen molar-refractivity contribution in [3.63, 3.8) is 0 Å². The highest BCUT2D eigenvalue weighted by atomic mass is 16.5. The summed E-state index contributed by atoms with van der Waals surface area (Å²) >= 11 is 0. The maximum Gasteiger partial charge on any atom is 0.302 e. The maximum atomic E-state index is 14.7. The standard InChI is InChI=1S/C39H55NO4/c1-24-12-10-11-13-28(24)40-33(43)36(6)19-18-35(5)20-21-38(8)26(27(35)23-36)22-29(42)32-37(7)16-15-31(44-25(2)41)34(3,4)30(37)14-17-39(32,38)9/h10-13,22,27,30-32H,14-21,23H2,1-9H3,(H,40,43)/t27-,30-,31-,32-,35+,36-,37-,38+,39-/m0/s1. The Balaban J connectivity index is 1.35. The van der Waals surface area contributed by atoms with E-state index in [1.165, 1.54) is 12.5 Å². The SMILES string of the molecule is CC(=O)O[C@H]1CC[C@@]2(C)[C@@H](CC[C@@]3(C)[C@H]2C(=O)C=C2[C@@H]4C[C@@](C)(C(=O)Nc5ccccc5C)CC[C@]4(C)CC[C@]23C)C1(C)C. The van der Waals surface area contributed by atoms with E-state index < -0.39 is 5.41 Å². The first-order valence-corrected chi connectivity index (χ1v) is 17.2. The largest absolute Gasteiger partial charge is 0.462 e. The van der Waals surface area contributed by atoms with Gasteiger partial charge in [0, 0.05) is 29.4 Å². The molecule has 0 heterocycles. The van der Waals surface area contributed by atoms with Crippen LogP contribution in [0.4, 0.5) is 5.69 Å². The molecule has 0 radical (unpaired) electrons. The van der Waals surface area contributed by atoms with Crippen molar-refractivity contribution in [2.75, 3.05) is 5.32 Å². The lowest BCUT2D eigenvalue weighted by Gasteiger charge is -2.70. The first-order chi connectivity index (χ1) is 20.4. The van der Waals surface area contributed by atoms with E-state index in [0.29, 0.717) is 11.7 Å². The molecule has 1 amide bonds. The predicted molar refractivity (Wildman–Crippen MR) is 175 cm³/mol. The van der Waals surface area contributed by atoms with Crippen LogP contribution < -0.4 is 5.32 Å². The van der Waals surface area contributed by atoms with Gasteiger partial charge in [0.25, 0.3) is 0 Å². The van der Waals surface area contributed by atoms with E-state index in [1.807, 2.05) is 31.2 Å². The van der Waals surface area contributed by atoms with Crippen LogP contribution in [0.1, 0.15) is 119 Å². The zero-order chi connectivity index (χ0) is 32.1. The quantitative estimate of drug-likeness (QED) is 0.351. The van der Waals surface area contributed by atoms with Crippen LogP contribution in [0.2, 0.25) is 0 Å². The predicted octanol–water partition coefficient (Wildman–Crippen LogP) is 8.85. The van der Waals surface area contributed by atoms with E-state index in [4.69, 9.17) is 4.74 Å². The molecule has 4 saturated carbocycles. The van der Waals surface area contributed by atoms with Gasteiger partial charge in [0.2, 0.25) is 5.91 Å². The normalized spacial score (nSPS) is 44.2. The number of rotatable bonds is 3. The number of aryl methyl sites for hydroxylation is 1. The Kier molecular flexibility index (Phi) is 7.19. The Morgan fingerprint density at radius 2 is 1.57 bits per heavy atom. The number of carbonyl (C=O) groups is 3. The number of ketones is 1. The van der Waals surface area contributed by atoms with Crippen molar-refractivity contribution in [2.24, 2.45) is 50.2 Å². The highest BCUT2D eigenvalue weighted by molar-refractivity contribution is 5.97. The summed E-state index contributed by atoms with van der Waals surface area (Å²) in [7, 11) is 0. The molecule has 240 valence electrons. The van der Waals surface area contributed by atoms with Gasteiger partial charge in [-0.05, 0) is 116 Å². The number of carbonyl (C=O) groups excluding carboxylic acids is 3. The van der Waals surface area contributed by atoms with Gasteiger partial charge < -0.3 is 10.1 Å². The first-order valence-electron chi connectivity index (χ1n) is 17.2. The highest BCUT2D eigenvalue weighted by Crippen LogP contribution is 2.75. The summed E-state index contributed by atoms with van der Waals surface area (Å²) in [6, 6.07) is 8.01. The average molecular weight is 602 g/mol. The fraction of sp³-hybridized carbons (Fsp3) is 0.718. The van der Waals surface area contributed by atoms with E-state index in [0.717, 1.165) is 69.0 Å². The van der Waals surface area contributed by atoms with Gasteiger partial charge >= 0.3 is 5.97 Å². The summed E-state index contributed by atoms with van der Waals surface area (Å²) in [6.45, 7) is 19.9. The van der Waals surface area contributed by atoms with Crippen molar-refractivity contribution in [1.82, 2.24) is 0 Å². The number of allylic oxidation sites excluding steroid dienone is 2. The van der Waals surface area contributed by atoms with Gasteiger partial charge in [0.05, 0.1) is 0 Å². The number of hydrogen-bond acceptors (Lipinski definition) is 4. The van der Waals surface area contributed by atoms with Crippen LogP contribution in [-0.2, 0) is 19.1 Å². The molecule has 0 spiro atoms. The van der Waals surface area contributed by atoms with Crippen molar-refractivity contribution >= 4 is 23.3 Å². The van der Waals surface area contributed by atoms with E-state index in [1.54, 1.807) is 0 Å². The van der Waals surface area contributed by atoms with Crippen LogP contribution in [0.3, 0.4) is 0 Å².